The van der Waals surface area contributed by atoms with Gasteiger partial charge in [0.2, 0.25) is 0 Å². The van der Waals surface area contributed by atoms with Gasteiger partial charge in [0, 0.05) is 13.5 Å². The van der Waals surface area contributed by atoms with Crippen LogP contribution in [0.3, 0.4) is 0 Å². The average molecular weight is 473 g/mol. The lowest BCUT2D eigenvalue weighted by atomic mass is 9.90. The maximum atomic E-state index is 13.1. The van der Waals surface area contributed by atoms with E-state index in [2.05, 4.69) is 0 Å². The SMILES string of the molecule is CCOC(=O)C(Cc1ccc(-c2ccccc2)c(C(=O)OC)c1)(OCC(C)OC)C(=O)OCC. The molecule has 0 saturated carbocycles. The molecule has 0 N–H and O–H groups in total. The zero-order valence-corrected chi connectivity index (χ0v) is 20.3. The third-order valence-corrected chi connectivity index (χ3v) is 5.20. The van der Waals surface area contributed by atoms with E-state index in [4.69, 9.17) is 23.7 Å². The summed E-state index contributed by atoms with van der Waals surface area (Å²) in [5, 5.41) is 0. The molecule has 0 spiro atoms. The fraction of sp³-hybridized carbons (Fsp3) is 0.423. The monoisotopic (exact) mass is 472 g/mol. The predicted octanol–water partition coefficient (Wildman–Crippen LogP) is 3.60. The summed E-state index contributed by atoms with van der Waals surface area (Å²) < 4.78 is 26.5. The van der Waals surface area contributed by atoms with Crippen molar-refractivity contribution in [1.29, 1.82) is 0 Å². The standard InChI is InChI=1S/C26H32O8/c1-6-32-24(28)26(25(29)33-7-2,34-17-18(3)30-4)16-19-13-14-21(20-11-9-8-10-12-20)22(15-19)23(27)31-5/h8-15,18H,6-7,16-17H2,1-5H3. The summed E-state index contributed by atoms with van der Waals surface area (Å²) in [5.41, 5.74) is 0.189. The zero-order chi connectivity index (χ0) is 25.1. The quantitative estimate of drug-likeness (QED) is 0.263. The van der Waals surface area contributed by atoms with Gasteiger partial charge < -0.3 is 23.7 Å². The Labute approximate surface area is 200 Å². The van der Waals surface area contributed by atoms with Gasteiger partial charge in [-0.05, 0) is 43.5 Å². The third-order valence-electron chi connectivity index (χ3n) is 5.20. The molecule has 0 bridgehead atoms. The number of carbonyl (C=O) groups is 3. The van der Waals surface area contributed by atoms with Crippen LogP contribution in [0, 0.1) is 0 Å². The zero-order valence-electron chi connectivity index (χ0n) is 20.3. The summed E-state index contributed by atoms with van der Waals surface area (Å²) in [7, 11) is 2.79. The number of rotatable bonds is 12. The predicted molar refractivity (Wildman–Crippen MR) is 125 cm³/mol. The van der Waals surface area contributed by atoms with Crippen molar-refractivity contribution in [2.75, 3.05) is 34.0 Å². The van der Waals surface area contributed by atoms with E-state index in [1.807, 2.05) is 30.3 Å². The van der Waals surface area contributed by atoms with Gasteiger partial charge in [-0.15, -0.1) is 0 Å². The molecule has 0 heterocycles. The van der Waals surface area contributed by atoms with Crippen LogP contribution >= 0.6 is 0 Å². The lowest BCUT2D eigenvalue weighted by Gasteiger charge is -2.30. The van der Waals surface area contributed by atoms with Gasteiger partial charge in [0.15, 0.2) is 0 Å². The van der Waals surface area contributed by atoms with Crippen LogP contribution in [0.2, 0.25) is 0 Å². The lowest BCUT2D eigenvalue weighted by Crippen LogP contribution is -2.54. The molecule has 0 aromatic heterocycles. The van der Waals surface area contributed by atoms with Crippen molar-refractivity contribution in [1.82, 2.24) is 0 Å². The van der Waals surface area contributed by atoms with Crippen LogP contribution in [0.5, 0.6) is 0 Å². The second-order valence-electron chi connectivity index (χ2n) is 7.54. The highest BCUT2D eigenvalue weighted by Gasteiger charge is 2.51. The fourth-order valence-corrected chi connectivity index (χ4v) is 3.36. The van der Waals surface area contributed by atoms with Crippen molar-refractivity contribution in [2.45, 2.75) is 38.9 Å². The molecule has 0 aliphatic heterocycles. The number of esters is 3. The highest BCUT2D eigenvalue weighted by atomic mass is 16.6. The maximum absolute atomic E-state index is 13.1. The molecule has 184 valence electrons. The first-order valence-electron chi connectivity index (χ1n) is 11.1. The van der Waals surface area contributed by atoms with E-state index in [0.29, 0.717) is 11.1 Å². The molecular weight excluding hydrogens is 440 g/mol. The Bertz CT molecular complexity index is 952. The fourth-order valence-electron chi connectivity index (χ4n) is 3.36. The van der Waals surface area contributed by atoms with Crippen LogP contribution < -0.4 is 0 Å². The molecule has 2 rings (SSSR count). The number of carbonyl (C=O) groups excluding carboxylic acids is 3. The highest BCUT2D eigenvalue weighted by molar-refractivity contribution is 6.04. The summed E-state index contributed by atoms with van der Waals surface area (Å²) in [6.45, 7) is 5.05. The molecule has 1 unspecified atom stereocenters. The minimum Gasteiger partial charge on any atom is -0.465 e. The van der Waals surface area contributed by atoms with E-state index in [0.717, 1.165) is 5.56 Å². The van der Waals surface area contributed by atoms with Gasteiger partial charge in [-0.3, -0.25) is 0 Å². The Morgan fingerprint density at radius 1 is 0.912 bits per heavy atom. The topological polar surface area (TPSA) is 97.4 Å². The minimum absolute atomic E-state index is 0.0452. The Morgan fingerprint density at radius 3 is 2.06 bits per heavy atom. The smallest absolute Gasteiger partial charge is 0.350 e. The number of benzene rings is 2. The minimum atomic E-state index is -2.07. The van der Waals surface area contributed by atoms with E-state index >= 15 is 0 Å². The van der Waals surface area contributed by atoms with Crippen LogP contribution in [0.25, 0.3) is 11.1 Å². The van der Waals surface area contributed by atoms with Crippen molar-refractivity contribution in [2.24, 2.45) is 0 Å². The van der Waals surface area contributed by atoms with Gasteiger partial charge >= 0.3 is 17.9 Å². The van der Waals surface area contributed by atoms with Gasteiger partial charge in [0.1, 0.15) is 0 Å². The first-order valence-corrected chi connectivity index (χ1v) is 11.1. The van der Waals surface area contributed by atoms with Crippen molar-refractivity contribution < 1.29 is 38.1 Å². The molecule has 0 saturated heterocycles. The van der Waals surface area contributed by atoms with Crippen molar-refractivity contribution in [3.05, 3.63) is 59.7 Å². The van der Waals surface area contributed by atoms with Gasteiger partial charge in [-0.25, -0.2) is 14.4 Å². The Hall–Kier alpha value is -3.23. The maximum Gasteiger partial charge on any atom is 0.350 e. The second-order valence-corrected chi connectivity index (χ2v) is 7.54. The number of hydrogen-bond acceptors (Lipinski definition) is 8. The number of ether oxygens (including phenoxy) is 5. The molecule has 34 heavy (non-hydrogen) atoms. The van der Waals surface area contributed by atoms with Crippen LogP contribution in [0.1, 0.15) is 36.7 Å². The van der Waals surface area contributed by atoms with E-state index in [9.17, 15) is 14.4 Å². The molecule has 0 fully saturated rings. The molecule has 0 amide bonds. The summed E-state index contributed by atoms with van der Waals surface area (Å²) >= 11 is 0. The largest absolute Gasteiger partial charge is 0.465 e. The first-order chi connectivity index (χ1) is 16.3. The summed E-state index contributed by atoms with van der Waals surface area (Å²) in [4.78, 5) is 38.7. The summed E-state index contributed by atoms with van der Waals surface area (Å²) in [5.74, 6) is -2.29. The first kappa shape index (κ1) is 27.0. The van der Waals surface area contributed by atoms with Crippen LogP contribution in [0.15, 0.2) is 48.5 Å². The van der Waals surface area contributed by atoms with Crippen molar-refractivity contribution >= 4 is 17.9 Å². The number of methoxy groups -OCH3 is 2. The van der Waals surface area contributed by atoms with E-state index < -0.39 is 29.6 Å². The average Bonchev–Trinajstić information content (AvgIpc) is 2.86. The van der Waals surface area contributed by atoms with E-state index in [-0.39, 0.29) is 31.8 Å². The molecule has 1 atom stereocenters. The van der Waals surface area contributed by atoms with Crippen LogP contribution in [-0.2, 0) is 39.7 Å². The lowest BCUT2D eigenvalue weighted by molar-refractivity contribution is -0.194. The summed E-state index contributed by atoms with van der Waals surface area (Å²) in [6.07, 6.45) is -0.602. The van der Waals surface area contributed by atoms with Gasteiger partial charge in [0.05, 0.1) is 38.6 Å². The van der Waals surface area contributed by atoms with E-state index in [1.54, 1.807) is 39.0 Å². The Morgan fingerprint density at radius 2 is 1.53 bits per heavy atom. The van der Waals surface area contributed by atoms with Gasteiger partial charge in [0.25, 0.3) is 5.60 Å². The Kier molecular flexibility index (Phi) is 10.2. The third kappa shape index (κ3) is 6.42. The molecule has 0 aliphatic carbocycles. The van der Waals surface area contributed by atoms with Crippen LogP contribution in [-0.4, -0.2) is 63.7 Å². The van der Waals surface area contributed by atoms with Gasteiger partial charge in [-0.1, -0.05) is 42.5 Å². The molecule has 2 aromatic carbocycles. The molecule has 8 heteroatoms. The van der Waals surface area contributed by atoms with Crippen molar-refractivity contribution in [3.8, 4) is 11.1 Å². The molecule has 8 nitrogen and oxygen atoms in total. The summed E-state index contributed by atoms with van der Waals surface area (Å²) in [6, 6.07) is 14.4. The molecule has 2 aromatic rings. The Balaban J connectivity index is 2.58. The van der Waals surface area contributed by atoms with Crippen molar-refractivity contribution in [3.63, 3.8) is 0 Å². The van der Waals surface area contributed by atoms with Crippen LogP contribution in [0.4, 0.5) is 0 Å². The molecule has 0 radical (unpaired) electrons. The molecular formula is C26H32O8. The van der Waals surface area contributed by atoms with E-state index in [1.165, 1.54) is 14.2 Å². The van der Waals surface area contributed by atoms with Gasteiger partial charge in [-0.2, -0.15) is 0 Å². The number of hydrogen-bond donors (Lipinski definition) is 0. The molecule has 0 aliphatic rings. The second kappa shape index (κ2) is 12.9. The normalized spacial score (nSPS) is 12.0. The highest BCUT2D eigenvalue weighted by Crippen LogP contribution is 2.29.